The number of imidazole rings is 1. The minimum atomic E-state index is -0.538. The first-order valence-electron chi connectivity index (χ1n) is 7.34. The van der Waals surface area contributed by atoms with Crippen molar-refractivity contribution in [2.24, 2.45) is 5.73 Å². The molecule has 0 bridgehead atoms. The van der Waals surface area contributed by atoms with Crippen LogP contribution in [0.5, 0.6) is 0 Å². The van der Waals surface area contributed by atoms with Crippen molar-refractivity contribution in [3.05, 3.63) is 41.2 Å². The number of aryl methyl sites for hydroxylation is 2. The number of primary amides is 1. The van der Waals surface area contributed by atoms with Gasteiger partial charge in [-0.2, -0.15) is 0 Å². The van der Waals surface area contributed by atoms with Crippen molar-refractivity contribution in [3.8, 4) is 0 Å². The second kappa shape index (κ2) is 7.98. The Morgan fingerprint density at radius 1 is 1.38 bits per heavy atom. The third kappa shape index (κ3) is 4.59. The quantitative estimate of drug-likeness (QED) is 0.652. The van der Waals surface area contributed by atoms with Crippen LogP contribution in [0.1, 0.15) is 16.8 Å². The Morgan fingerprint density at radius 3 is 2.75 bits per heavy atom. The molecule has 2 rings (SSSR count). The molecule has 0 radical (unpaired) electrons. The van der Waals surface area contributed by atoms with Crippen LogP contribution in [0.25, 0.3) is 0 Å². The van der Waals surface area contributed by atoms with E-state index in [-0.39, 0.29) is 24.8 Å². The summed E-state index contributed by atoms with van der Waals surface area (Å²) in [7, 11) is 0. The number of aliphatic hydroxyl groups excluding tert-OH is 1. The van der Waals surface area contributed by atoms with Crippen LogP contribution in [-0.2, 0) is 22.7 Å². The standard InChI is InChI=1S/C16H20N4O3S/c1-10-3-4-13(11(2)5-10)19-15(23)9-24-16-18-6-12(8-21)20(16)7-14(17)22/h3-6,21H,7-9H2,1-2H3,(H2,17,22)(H,19,23). The van der Waals surface area contributed by atoms with Gasteiger partial charge in [-0.25, -0.2) is 4.98 Å². The van der Waals surface area contributed by atoms with Gasteiger partial charge in [0.15, 0.2) is 5.16 Å². The summed E-state index contributed by atoms with van der Waals surface area (Å²) in [6, 6.07) is 5.80. The predicted octanol–water partition coefficient (Wildman–Crippen LogP) is 1.21. The smallest absolute Gasteiger partial charge is 0.237 e. The van der Waals surface area contributed by atoms with Crippen molar-refractivity contribution in [2.45, 2.75) is 32.2 Å². The van der Waals surface area contributed by atoms with Gasteiger partial charge in [0.05, 0.1) is 24.3 Å². The molecule has 0 fully saturated rings. The van der Waals surface area contributed by atoms with E-state index in [2.05, 4.69) is 10.3 Å². The lowest BCUT2D eigenvalue weighted by atomic mass is 10.1. The maximum Gasteiger partial charge on any atom is 0.237 e. The Kier molecular flexibility index (Phi) is 5.99. The fraction of sp³-hybridized carbons (Fsp3) is 0.312. The van der Waals surface area contributed by atoms with Gasteiger partial charge >= 0.3 is 0 Å². The second-order valence-electron chi connectivity index (χ2n) is 5.40. The van der Waals surface area contributed by atoms with Crippen LogP contribution in [-0.4, -0.2) is 32.2 Å². The highest BCUT2D eigenvalue weighted by atomic mass is 32.2. The number of carbonyl (C=O) groups is 2. The van der Waals surface area contributed by atoms with Crippen LogP contribution < -0.4 is 11.1 Å². The van der Waals surface area contributed by atoms with Crippen LogP contribution in [0.3, 0.4) is 0 Å². The van der Waals surface area contributed by atoms with Crippen LogP contribution >= 0.6 is 11.8 Å². The SMILES string of the molecule is Cc1ccc(NC(=O)CSc2ncc(CO)n2CC(N)=O)c(C)c1. The number of benzene rings is 1. The van der Waals surface area contributed by atoms with E-state index >= 15 is 0 Å². The fourth-order valence-electron chi connectivity index (χ4n) is 2.23. The number of nitrogens with zero attached hydrogens (tertiary/aromatic N) is 2. The van der Waals surface area contributed by atoms with Gasteiger partial charge in [-0.15, -0.1) is 0 Å². The maximum atomic E-state index is 12.1. The molecular weight excluding hydrogens is 328 g/mol. The topological polar surface area (TPSA) is 110 Å². The third-order valence-corrected chi connectivity index (χ3v) is 4.36. The molecule has 0 saturated carbocycles. The third-order valence-electron chi connectivity index (χ3n) is 3.37. The van der Waals surface area contributed by atoms with Crippen LogP contribution in [0.4, 0.5) is 5.69 Å². The molecule has 2 aromatic rings. The molecule has 4 N–H and O–H groups in total. The first-order valence-corrected chi connectivity index (χ1v) is 8.32. The zero-order valence-electron chi connectivity index (χ0n) is 13.6. The minimum Gasteiger partial charge on any atom is -0.390 e. The molecule has 0 aliphatic carbocycles. The Morgan fingerprint density at radius 2 is 2.12 bits per heavy atom. The number of nitrogens with one attached hydrogen (secondary N) is 1. The predicted molar refractivity (Wildman–Crippen MR) is 92.6 cm³/mol. The largest absolute Gasteiger partial charge is 0.390 e. The van der Waals surface area contributed by atoms with Gasteiger partial charge in [-0.3, -0.25) is 9.59 Å². The van der Waals surface area contributed by atoms with E-state index in [0.29, 0.717) is 10.9 Å². The van der Waals surface area contributed by atoms with Crippen molar-refractivity contribution in [2.75, 3.05) is 11.1 Å². The Balaban J connectivity index is 2.01. The number of aliphatic hydroxyl groups is 1. The molecule has 0 unspecified atom stereocenters. The molecule has 1 aromatic carbocycles. The van der Waals surface area contributed by atoms with Gasteiger partial charge < -0.3 is 20.7 Å². The lowest BCUT2D eigenvalue weighted by molar-refractivity contribution is -0.118. The van der Waals surface area contributed by atoms with Gasteiger partial charge in [0.1, 0.15) is 6.54 Å². The number of amides is 2. The average Bonchev–Trinajstić information content (AvgIpc) is 2.89. The zero-order chi connectivity index (χ0) is 17.7. The van der Waals surface area contributed by atoms with Gasteiger partial charge in [-0.1, -0.05) is 29.5 Å². The molecule has 1 aromatic heterocycles. The van der Waals surface area contributed by atoms with Gasteiger partial charge in [0.2, 0.25) is 11.8 Å². The number of hydrogen-bond acceptors (Lipinski definition) is 5. The normalized spacial score (nSPS) is 10.6. The van der Waals surface area contributed by atoms with Crippen molar-refractivity contribution < 1.29 is 14.7 Å². The summed E-state index contributed by atoms with van der Waals surface area (Å²) in [6.45, 7) is 3.58. The molecule has 128 valence electrons. The van der Waals surface area contributed by atoms with Crippen molar-refractivity contribution in [1.82, 2.24) is 9.55 Å². The number of carbonyl (C=O) groups excluding carboxylic acids is 2. The molecule has 1 heterocycles. The highest BCUT2D eigenvalue weighted by Gasteiger charge is 2.14. The number of rotatable bonds is 7. The number of aromatic nitrogens is 2. The Labute approximate surface area is 144 Å². The number of nitrogens with two attached hydrogens (primary N) is 1. The lowest BCUT2D eigenvalue weighted by Crippen LogP contribution is -2.21. The molecular formula is C16H20N4O3S. The molecule has 7 nitrogen and oxygen atoms in total. The van der Waals surface area contributed by atoms with Crippen molar-refractivity contribution >= 4 is 29.3 Å². The molecule has 8 heteroatoms. The van der Waals surface area contributed by atoms with Crippen molar-refractivity contribution in [1.29, 1.82) is 0 Å². The van der Waals surface area contributed by atoms with Crippen LogP contribution in [0, 0.1) is 13.8 Å². The van der Waals surface area contributed by atoms with Gasteiger partial charge in [0, 0.05) is 5.69 Å². The minimum absolute atomic E-state index is 0.0864. The molecule has 24 heavy (non-hydrogen) atoms. The highest BCUT2D eigenvalue weighted by molar-refractivity contribution is 7.99. The molecule has 0 aliphatic heterocycles. The first kappa shape index (κ1) is 18.0. The van der Waals surface area contributed by atoms with E-state index in [1.807, 2.05) is 32.0 Å². The first-order chi connectivity index (χ1) is 11.4. The van der Waals surface area contributed by atoms with E-state index in [1.165, 1.54) is 22.5 Å². The van der Waals surface area contributed by atoms with Crippen molar-refractivity contribution in [3.63, 3.8) is 0 Å². The van der Waals surface area contributed by atoms with E-state index in [1.54, 1.807) is 0 Å². The monoisotopic (exact) mass is 348 g/mol. The maximum absolute atomic E-state index is 12.1. The molecule has 0 saturated heterocycles. The number of hydrogen-bond donors (Lipinski definition) is 3. The summed E-state index contributed by atoms with van der Waals surface area (Å²) in [4.78, 5) is 27.4. The highest BCUT2D eigenvalue weighted by Crippen LogP contribution is 2.20. The number of thioether (sulfide) groups is 1. The molecule has 0 spiro atoms. The van der Waals surface area contributed by atoms with E-state index in [4.69, 9.17) is 5.73 Å². The number of anilines is 1. The van der Waals surface area contributed by atoms with Gasteiger partial charge in [-0.05, 0) is 25.5 Å². The van der Waals surface area contributed by atoms with E-state index in [0.717, 1.165) is 16.8 Å². The Hall–Kier alpha value is -2.32. The molecule has 2 amide bonds. The molecule has 0 atom stereocenters. The second-order valence-corrected chi connectivity index (χ2v) is 6.34. The van der Waals surface area contributed by atoms with E-state index in [9.17, 15) is 14.7 Å². The van der Waals surface area contributed by atoms with Crippen LogP contribution in [0.15, 0.2) is 29.6 Å². The average molecular weight is 348 g/mol. The lowest BCUT2D eigenvalue weighted by Gasteiger charge is -2.10. The summed E-state index contributed by atoms with van der Waals surface area (Å²) < 4.78 is 1.51. The van der Waals surface area contributed by atoms with Gasteiger partial charge in [0.25, 0.3) is 0 Å². The van der Waals surface area contributed by atoms with Crippen LogP contribution in [0.2, 0.25) is 0 Å². The van der Waals surface area contributed by atoms with E-state index < -0.39 is 5.91 Å². The fourth-order valence-corrected chi connectivity index (χ4v) is 3.03. The molecule has 0 aliphatic rings. The summed E-state index contributed by atoms with van der Waals surface area (Å²) in [5, 5.41) is 12.6. The zero-order valence-corrected chi connectivity index (χ0v) is 14.4. The summed E-state index contributed by atoms with van der Waals surface area (Å²) in [5.41, 5.74) is 8.57. The summed E-state index contributed by atoms with van der Waals surface area (Å²) >= 11 is 1.18. The Bertz CT molecular complexity index is 758. The summed E-state index contributed by atoms with van der Waals surface area (Å²) in [6.07, 6.45) is 1.47. The summed E-state index contributed by atoms with van der Waals surface area (Å²) in [5.74, 6) is -0.580.